The highest BCUT2D eigenvalue weighted by Crippen LogP contribution is 2.27. The Labute approximate surface area is 132 Å². The maximum Gasteiger partial charge on any atom is 0.158 e. The summed E-state index contributed by atoms with van der Waals surface area (Å²) in [5.74, 6) is 0.800. The molecular formula is C16H14ClN5. The van der Waals surface area contributed by atoms with Crippen LogP contribution in [-0.4, -0.2) is 20.6 Å². The van der Waals surface area contributed by atoms with Gasteiger partial charge in [-0.15, -0.1) is 0 Å². The van der Waals surface area contributed by atoms with E-state index < -0.39 is 0 Å². The molecule has 1 aliphatic rings. The molecule has 3 aromatic rings. The van der Waals surface area contributed by atoms with Crippen molar-refractivity contribution >= 4 is 34.0 Å². The molecule has 1 aromatic carbocycles. The predicted molar refractivity (Wildman–Crippen MR) is 88.5 cm³/mol. The molecule has 6 heteroatoms. The second-order valence-corrected chi connectivity index (χ2v) is 5.50. The Hall–Kier alpha value is -2.40. The number of halogens is 1. The SMILES string of the molecule is CCn1nc(Cl)c2cc(NC3=NCc4cccnc43)ccc21. The minimum atomic E-state index is 0.521. The van der Waals surface area contributed by atoms with Gasteiger partial charge in [0.1, 0.15) is 5.69 Å². The van der Waals surface area contributed by atoms with Crippen LogP contribution in [0.3, 0.4) is 0 Å². The number of benzene rings is 1. The standard InChI is InChI=1S/C16H14ClN5/c1-2-22-13-6-5-11(8-12(13)15(17)21-22)20-16-14-10(9-19-16)4-3-7-18-14/h3-8H,2,9H2,1H3,(H,19,20). The number of nitrogens with one attached hydrogen (secondary N) is 1. The van der Waals surface area contributed by atoms with E-state index in [-0.39, 0.29) is 0 Å². The number of rotatable bonds is 2. The lowest BCUT2D eigenvalue weighted by atomic mass is 10.2. The number of amidine groups is 1. The topological polar surface area (TPSA) is 55.1 Å². The van der Waals surface area contributed by atoms with Gasteiger partial charge in [0.05, 0.1) is 12.1 Å². The Morgan fingerprint density at radius 2 is 2.23 bits per heavy atom. The molecule has 0 saturated heterocycles. The average molecular weight is 312 g/mol. The van der Waals surface area contributed by atoms with Crippen molar-refractivity contribution in [2.45, 2.75) is 20.0 Å². The number of pyridine rings is 1. The molecule has 4 rings (SSSR count). The number of nitrogens with zero attached hydrogens (tertiary/aromatic N) is 4. The number of fused-ring (bicyclic) bond motifs is 2. The largest absolute Gasteiger partial charge is 0.339 e. The van der Waals surface area contributed by atoms with Crippen LogP contribution >= 0.6 is 11.6 Å². The molecule has 0 unspecified atom stereocenters. The summed E-state index contributed by atoms with van der Waals surface area (Å²) < 4.78 is 1.89. The fourth-order valence-electron chi connectivity index (χ4n) is 2.71. The van der Waals surface area contributed by atoms with Gasteiger partial charge >= 0.3 is 0 Å². The Morgan fingerprint density at radius 3 is 3.09 bits per heavy atom. The molecule has 1 aliphatic heterocycles. The van der Waals surface area contributed by atoms with Gasteiger partial charge in [-0.05, 0) is 31.2 Å². The maximum atomic E-state index is 6.22. The minimum absolute atomic E-state index is 0.521. The van der Waals surface area contributed by atoms with Crippen molar-refractivity contribution in [3.63, 3.8) is 0 Å². The number of aryl methyl sites for hydroxylation is 1. The number of aromatic nitrogens is 3. The summed E-state index contributed by atoms with van der Waals surface area (Å²) in [6.07, 6.45) is 1.78. The van der Waals surface area contributed by atoms with Crippen LogP contribution in [0.25, 0.3) is 10.9 Å². The Kier molecular flexibility index (Phi) is 3.08. The summed E-state index contributed by atoms with van der Waals surface area (Å²) in [5, 5.41) is 9.12. The summed E-state index contributed by atoms with van der Waals surface area (Å²) in [6.45, 7) is 3.51. The highest BCUT2D eigenvalue weighted by molar-refractivity contribution is 6.34. The van der Waals surface area contributed by atoms with Gasteiger partial charge in [-0.1, -0.05) is 17.7 Å². The van der Waals surface area contributed by atoms with Crippen molar-refractivity contribution in [2.75, 3.05) is 5.32 Å². The Balaban J connectivity index is 1.70. The summed E-state index contributed by atoms with van der Waals surface area (Å²) in [4.78, 5) is 8.91. The van der Waals surface area contributed by atoms with Gasteiger partial charge in [0, 0.05) is 29.4 Å². The van der Waals surface area contributed by atoms with Crippen molar-refractivity contribution in [1.82, 2.24) is 14.8 Å². The van der Waals surface area contributed by atoms with Gasteiger partial charge in [0.15, 0.2) is 11.0 Å². The van der Waals surface area contributed by atoms with E-state index in [1.807, 2.05) is 41.9 Å². The van der Waals surface area contributed by atoms with E-state index in [0.29, 0.717) is 11.7 Å². The molecule has 3 heterocycles. The van der Waals surface area contributed by atoms with Crippen molar-refractivity contribution in [2.24, 2.45) is 4.99 Å². The van der Waals surface area contributed by atoms with Crippen LogP contribution in [0, 0.1) is 0 Å². The monoisotopic (exact) mass is 311 g/mol. The molecule has 22 heavy (non-hydrogen) atoms. The molecule has 5 nitrogen and oxygen atoms in total. The third-order valence-corrected chi connectivity index (χ3v) is 4.07. The van der Waals surface area contributed by atoms with E-state index in [1.54, 1.807) is 6.20 Å². The van der Waals surface area contributed by atoms with Crippen molar-refractivity contribution in [3.05, 3.63) is 52.9 Å². The summed E-state index contributed by atoms with van der Waals surface area (Å²) in [7, 11) is 0. The molecule has 0 aliphatic carbocycles. The zero-order valence-electron chi connectivity index (χ0n) is 12.0. The van der Waals surface area contributed by atoms with Gasteiger partial charge < -0.3 is 5.32 Å². The highest BCUT2D eigenvalue weighted by atomic mass is 35.5. The normalized spacial score (nSPS) is 13.3. The van der Waals surface area contributed by atoms with Crippen molar-refractivity contribution < 1.29 is 0 Å². The first kappa shape index (κ1) is 13.3. The Morgan fingerprint density at radius 1 is 1.32 bits per heavy atom. The van der Waals surface area contributed by atoms with E-state index >= 15 is 0 Å². The molecule has 0 bridgehead atoms. The van der Waals surface area contributed by atoms with Gasteiger partial charge in [-0.2, -0.15) is 5.10 Å². The van der Waals surface area contributed by atoms with E-state index in [4.69, 9.17) is 11.6 Å². The first-order valence-corrected chi connectivity index (χ1v) is 7.56. The van der Waals surface area contributed by atoms with E-state index in [1.165, 1.54) is 0 Å². The van der Waals surface area contributed by atoms with Crippen molar-refractivity contribution in [1.29, 1.82) is 0 Å². The fraction of sp³-hybridized carbons (Fsp3) is 0.188. The summed E-state index contributed by atoms with van der Waals surface area (Å²) in [5.41, 5.74) is 4.02. The zero-order valence-corrected chi connectivity index (χ0v) is 12.8. The smallest absolute Gasteiger partial charge is 0.158 e. The number of hydrogen-bond donors (Lipinski definition) is 1. The molecule has 0 fully saturated rings. The lowest BCUT2D eigenvalue weighted by Crippen LogP contribution is -2.13. The first-order chi connectivity index (χ1) is 10.8. The fourth-order valence-corrected chi connectivity index (χ4v) is 2.96. The molecule has 110 valence electrons. The highest BCUT2D eigenvalue weighted by Gasteiger charge is 2.17. The first-order valence-electron chi connectivity index (χ1n) is 7.18. The molecule has 0 atom stereocenters. The molecular weight excluding hydrogens is 298 g/mol. The van der Waals surface area contributed by atoms with Crippen LogP contribution in [0.5, 0.6) is 0 Å². The van der Waals surface area contributed by atoms with Crippen LogP contribution in [0.4, 0.5) is 5.69 Å². The van der Waals surface area contributed by atoms with Gasteiger partial charge in [0.25, 0.3) is 0 Å². The van der Waals surface area contributed by atoms with Crippen LogP contribution in [-0.2, 0) is 13.1 Å². The molecule has 1 N–H and O–H groups in total. The van der Waals surface area contributed by atoms with Crippen LogP contribution in [0.2, 0.25) is 5.15 Å². The second kappa shape index (κ2) is 5.10. The third-order valence-electron chi connectivity index (χ3n) is 3.79. The van der Waals surface area contributed by atoms with Gasteiger partial charge in [-0.3, -0.25) is 14.7 Å². The Bertz CT molecular complexity index is 897. The number of anilines is 1. The van der Waals surface area contributed by atoms with Crippen LogP contribution in [0.1, 0.15) is 18.2 Å². The molecule has 2 aromatic heterocycles. The molecule has 0 amide bonds. The number of hydrogen-bond acceptors (Lipinski definition) is 4. The third kappa shape index (κ3) is 2.05. The average Bonchev–Trinajstić information content (AvgIpc) is 3.09. The summed E-state index contributed by atoms with van der Waals surface area (Å²) >= 11 is 6.22. The van der Waals surface area contributed by atoms with E-state index in [2.05, 4.69) is 20.4 Å². The lowest BCUT2D eigenvalue weighted by Gasteiger charge is -2.07. The summed E-state index contributed by atoms with van der Waals surface area (Å²) in [6, 6.07) is 10.0. The van der Waals surface area contributed by atoms with E-state index in [9.17, 15) is 0 Å². The molecule has 0 spiro atoms. The quantitative estimate of drug-likeness (QED) is 0.788. The lowest BCUT2D eigenvalue weighted by molar-refractivity contribution is 0.684. The minimum Gasteiger partial charge on any atom is -0.339 e. The maximum absolute atomic E-state index is 6.22. The van der Waals surface area contributed by atoms with Gasteiger partial charge in [-0.25, -0.2) is 0 Å². The number of aliphatic imine (C=N–C) groups is 1. The predicted octanol–water partition coefficient (Wildman–Crippen LogP) is 3.48. The molecule has 0 radical (unpaired) electrons. The van der Waals surface area contributed by atoms with Gasteiger partial charge in [0.2, 0.25) is 0 Å². The van der Waals surface area contributed by atoms with Crippen LogP contribution in [0.15, 0.2) is 41.5 Å². The molecule has 0 saturated carbocycles. The van der Waals surface area contributed by atoms with E-state index in [0.717, 1.165) is 40.2 Å². The second-order valence-electron chi connectivity index (χ2n) is 5.14. The zero-order chi connectivity index (χ0) is 15.1. The van der Waals surface area contributed by atoms with Crippen LogP contribution < -0.4 is 5.32 Å². The van der Waals surface area contributed by atoms with Crippen molar-refractivity contribution in [3.8, 4) is 0 Å².